The first-order valence-corrected chi connectivity index (χ1v) is 10.3. The van der Waals surface area contributed by atoms with E-state index in [1.165, 1.54) is 19.3 Å². The Hall–Kier alpha value is -0.263. The number of hydrogen-bond donors (Lipinski definition) is 0. The summed E-state index contributed by atoms with van der Waals surface area (Å²) < 4.78 is 0. The molecule has 1 heteroatoms. The summed E-state index contributed by atoms with van der Waals surface area (Å²) in [7, 11) is -1.08. The monoisotopic (exact) mass is 236 g/mol. The molecule has 0 bridgehead atoms. The first kappa shape index (κ1) is 13.8. The van der Waals surface area contributed by atoms with Crippen LogP contribution in [0.1, 0.15) is 40.0 Å². The summed E-state index contributed by atoms with van der Waals surface area (Å²) in [6.07, 6.45) is 4.06. The quantitative estimate of drug-likeness (QED) is 0.465. The Morgan fingerprint density at radius 2 is 1.88 bits per heavy atom. The van der Waals surface area contributed by atoms with Crippen LogP contribution in [-0.2, 0) is 0 Å². The van der Waals surface area contributed by atoms with Crippen molar-refractivity contribution in [1.29, 1.82) is 0 Å². The Bertz CT molecular complexity index is 287. The summed E-state index contributed by atoms with van der Waals surface area (Å²) in [5.41, 5.74) is 7.68. The third-order valence-corrected chi connectivity index (χ3v) is 4.49. The SMILES string of the molecule is CC(C)[C@@H]1CC[C@@H](C)CC1=C=C[Si](C)(C)C. The van der Waals surface area contributed by atoms with Crippen molar-refractivity contribution in [3.63, 3.8) is 0 Å². The van der Waals surface area contributed by atoms with Gasteiger partial charge in [-0.25, -0.2) is 0 Å². The first-order valence-electron chi connectivity index (χ1n) is 6.76. The van der Waals surface area contributed by atoms with E-state index in [1.54, 1.807) is 5.57 Å². The van der Waals surface area contributed by atoms with Gasteiger partial charge in [-0.05, 0) is 42.6 Å². The van der Waals surface area contributed by atoms with Gasteiger partial charge in [-0.3, -0.25) is 0 Å². The highest BCUT2D eigenvalue weighted by Crippen LogP contribution is 2.36. The van der Waals surface area contributed by atoms with Crippen LogP contribution < -0.4 is 0 Å². The Balaban J connectivity index is 2.91. The fraction of sp³-hybridized carbons (Fsp3) is 0.800. The van der Waals surface area contributed by atoms with E-state index in [1.807, 2.05) is 0 Å². The molecule has 1 aliphatic rings. The minimum Gasteiger partial charge on any atom is -0.130 e. The van der Waals surface area contributed by atoms with Gasteiger partial charge in [0.1, 0.15) is 0 Å². The highest BCUT2D eigenvalue weighted by atomic mass is 28.3. The Kier molecular flexibility index (Phi) is 4.64. The van der Waals surface area contributed by atoms with Crippen molar-refractivity contribution < 1.29 is 0 Å². The van der Waals surface area contributed by atoms with Gasteiger partial charge in [-0.15, -0.1) is 5.73 Å². The molecule has 0 saturated heterocycles. The largest absolute Gasteiger partial charge is 0.130 e. The molecule has 0 aromatic carbocycles. The van der Waals surface area contributed by atoms with Gasteiger partial charge < -0.3 is 0 Å². The number of rotatable bonds is 2. The average molecular weight is 236 g/mol. The molecule has 0 aromatic heterocycles. The van der Waals surface area contributed by atoms with E-state index in [2.05, 4.69) is 51.8 Å². The zero-order valence-corrected chi connectivity index (χ0v) is 12.9. The zero-order valence-electron chi connectivity index (χ0n) is 11.9. The minimum absolute atomic E-state index is 0.782. The lowest BCUT2D eigenvalue weighted by Crippen LogP contribution is -2.20. The van der Waals surface area contributed by atoms with Crippen LogP contribution in [0.4, 0.5) is 0 Å². The molecule has 16 heavy (non-hydrogen) atoms. The van der Waals surface area contributed by atoms with Crippen LogP contribution in [0, 0.1) is 17.8 Å². The second-order valence-corrected chi connectivity index (χ2v) is 11.9. The highest BCUT2D eigenvalue weighted by Gasteiger charge is 2.25. The maximum absolute atomic E-state index is 3.68. The van der Waals surface area contributed by atoms with Crippen molar-refractivity contribution in [1.82, 2.24) is 0 Å². The maximum Gasteiger partial charge on any atom is 0.0781 e. The molecule has 0 aromatic rings. The van der Waals surface area contributed by atoms with E-state index in [4.69, 9.17) is 0 Å². The van der Waals surface area contributed by atoms with Crippen LogP contribution in [0.25, 0.3) is 0 Å². The fourth-order valence-electron chi connectivity index (χ4n) is 2.48. The molecule has 0 spiro atoms. The lowest BCUT2D eigenvalue weighted by atomic mass is 9.74. The van der Waals surface area contributed by atoms with Gasteiger partial charge in [0, 0.05) is 0 Å². The average Bonchev–Trinajstić information content (AvgIpc) is 2.13. The van der Waals surface area contributed by atoms with E-state index in [9.17, 15) is 0 Å². The Morgan fingerprint density at radius 1 is 1.25 bits per heavy atom. The Morgan fingerprint density at radius 3 is 2.38 bits per heavy atom. The minimum atomic E-state index is -1.08. The van der Waals surface area contributed by atoms with Crippen LogP contribution in [-0.4, -0.2) is 8.07 Å². The lowest BCUT2D eigenvalue weighted by molar-refractivity contribution is 0.308. The van der Waals surface area contributed by atoms with Crippen molar-refractivity contribution in [2.24, 2.45) is 17.8 Å². The zero-order chi connectivity index (χ0) is 12.3. The third-order valence-electron chi connectivity index (χ3n) is 3.48. The van der Waals surface area contributed by atoms with E-state index in [0.717, 1.165) is 17.8 Å². The summed E-state index contributed by atoms with van der Waals surface area (Å²) >= 11 is 0. The van der Waals surface area contributed by atoms with Crippen molar-refractivity contribution in [2.75, 3.05) is 0 Å². The summed E-state index contributed by atoms with van der Waals surface area (Å²) in [6, 6.07) is 0. The molecule has 0 heterocycles. The van der Waals surface area contributed by atoms with Crippen LogP contribution in [0.3, 0.4) is 0 Å². The van der Waals surface area contributed by atoms with Crippen LogP contribution in [0.2, 0.25) is 19.6 Å². The highest BCUT2D eigenvalue weighted by molar-refractivity contribution is 6.80. The van der Waals surface area contributed by atoms with Gasteiger partial charge in [0.25, 0.3) is 0 Å². The molecule has 0 unspecified atom stereocenters. The van der Waals surface area contributed by atoms with E-state index in [0.29, 0.717) is 0 Å². The Labute approximate surface area is 103 Å². The summed E-state index contributed by atoms with van der Waals surface area (Å²) in [6.45, 7) is 14.3. The number of hydrogen-bond acceptors (Lipinski definition) is 0. The van der Waals surface area contributed by atoms with E-state index >= 15 is 0 Å². The predicted molar refractivity (Wildman–Crippen MR) is 76.3 cm³/mol. The van der Waals surface area contributed by atoms with Crippen molar-refractivity contribution in [2.45, 2.75) is 59.7 Å². The molecule has 1 rings (SSSR count). The second-order valence-electron chi connectivity index (χ2n) is 6.92. The molecule has 0 N–H and O–H groups in total. The van der Waals surface area contributed by atoms with E-state index in [-0.39, 0.29) is 0 Å². The predicted octanol–water partition coefficient (Wildman–Crippen LogP) is 5.04. The molecule has 2 atom stereocenters. The molecule has 1 saturated carbocycles. The molecule has 92 valence electrons. The van der Waals surface area contributed by atoms with Gasteiger partial charge in [0.05, 0.1) is 8.07 Å². The third kappa shape index (κ3) is 4.31. The molecule has 0 nitrogen and oxygen atoms in total. The van der Waals surface area contributed by atoms with Gasteiger partial charge in [0.2, 0.25) is 0 Å². The van der Waals surface area contributed by atoms with Crippen LogP contribution >= 0.6 is 0 Å². The lowest BCUT2D eigenvalue weighted by Gasteiger charge is -2.31. The van der Waals surface area contributed by atoms with Gasteiger partial charge in [0.15, 0.2) is 0 Å². The number of allylic oxidation sites excluding steroid dienone is 1. The van der Waals surface area contributed by atoms with Crippen LogP contribution in [0.5, 0.6) is 0 Å². The summed E-state index contributed by atoms with van der Waals surface area (Å²) in [4.78, 5) is 0. The molecule has 0 radical (unpaired) electrons. The molecular weight excluding hydrogens is 208 g/mol. The second kappa shape index (κ2) is 5.38. The standard InChI is InChI=1S/C15H28Si/c1-12(2)15-8-7-13(3)11-14(15)9-10-16(4,5)6/h10,12-13,15H,7-8,11H2,1-6H3/t9?,13-,15+/m1/s1. The fourth-order valence-corrected chi connectivity index (χ4v) is 3.10. The molecular formula is C15H28Si. The van der Waals surface area contributed by atoms with Gasteiger partial charge >= 0.3 is 0 Å². The molecule has 0 aliphatic heterocycles. The van der Waals surface area contributed by atoms with Crippen molar-refractivity contribution in [3.05, 3.63) is 17.0 Å². The topological polar surface area (TPSA) is 0 Å². The first-order chi connectivity index (χ1) is 7.29. The van der Waals surface area contributed by atoms with E-state index < -0.39 is 8.07 Å². The van der Waals surface area contributed by atoms with Gasteiger partial charge in [-0.1, -0.05) is 46.1 Å². The molecule has 1 aliphatic carbocycles. The van der Waals surface area contributed by atoms with Gasteiger partial charge in [-0.2, -0.15) is 0 Å². The molecule has 1 fully saturated rings. The summed E-state index contributed by atoms with van der Waals surface area (Å²) in [5.74, 6) is 2.45. The maximum atomic E-state index is 3.68. The molecule has 0 amide bonds. The van der Waals surface area contributed by atoms with Crippen molar-refractivity contribution >= 4 is 8.07 Å². The smallest absolute Gasteiger partial charge is 0.0781 e. The normalized spacial score (nSPS) is 26.8. The van der Waals surface area contributed by atoms with Crippen LogP contribution in [0.15, 0.2) is 17.0 Å². The summed E-state index contributed by atoms with van der Waals surface area (Å²) in [5, 5.41) is 0. The van der Waals surface area contributed by atoms with Crippen molar-refractivity contribution in [3.8, 4) is 0 Å².